The van der Waals surface area contributed by atoms with Crippen molar-refractivity contribution >= 4 is 28.8 Å². The summed E-state index contributed by atoms with van der Waals surface area (Å²) in [5.74, 6) is -0.498. The third-order valence-electron chi connectivity index (χ3n) is 5.74. The first-order chi connectivity index (χ1) is 16.0. The van der Waals surface area contributed by atoms with Gasteiger partial charge in [-0.25, -0.2) is 4.39 Å². The predicted molar refractivity (Wildman–Crippen MR) is 129 cm³/mol. The van der Waals surface area contributed by atoms with Gasteiger partial charge in [0.05, 0.1) is 4.88 Å². The molecule has 2 amide bonds. The Morgan fingerprint density at radius 3 is 2.76 bits per heavy atom. The molecule has 2 heterocycles. The van der Waals surface area contributed by atoms with E-state index in [4.69, 9.17) is 0 Å². The molecule has 1 saturated heterocycles. The molecule has 2 unspecified atom stereocenters. The summed E-state index contributed by atoms with van der Waals surface area (Å²) in [5.41, 5.74) is 8.58. The molecule has 172 valence electrons. The van der Waals surface area contributed by atoms with E-state index in [2.05, 4.69) is 16.2 Å². The van der Waals surface area contributed by atoms with Gasteiger partial charge in [0.2, 0.25) is 0 Å². The van der Waals surface area contributed by atoms with E-state index >= 15 is 0 Å². The van der Waals surface area contributed by atoms with Crippen LogP contribution >= 0.6 is 11.3 Å². The van der Waals surface area contributed by atoms with Crippen LogP contribution in [-0.4, -0.2) is 36.3 Å². The molecule has 2 aromatic carbocycles. The molecular formula is C25H27FN4O2S. The first kappa shape index (κ1) is 23.1. The van der Waals surface area contributed by atoms with Crippen molar-refractivity contribution in [3.63, 3.8) is 0 Å². The zero-order chi connectivity index (χ0) is 23.2. The first-order valence-corrected chi connectivity index (χ1v) is 11.8. The van der Waals surface area contributed by atoms with Gasteiger partial charge in [-0.2, -0.15) is 0 Å². The van der Waals surface area contributed by atoms with Crippen molar-refractivity contribution in [2.45, 2.75) is 31.3 Å². The van der Waals surface area contributed by atoms with E-state index in [1.54, 1.807) is 54.4 Å². The monoisotopic (exact) mass is 466 g/mol. The molecule has 1 aliphatic heterocycles. The fraction of sp³-hybridized carbons (Fsp3) is 0.280. The number of halogens is 1. The summed E-state index contributed by atoms with van der Waals surface area (Å²) in [6.45, 7) is 0.618. The lowest BCUT2D eigenvalue weighted by Gasteiger charge is -2.19. The smallest absolute Gasteiger partial charge is 0.265 e. The molecule has 0 radical (unpaired) electrons. The van der Waals surface area contributed by atoms with E-state index < -0.39 is 0 Å². The number of benzene rings is 2. The summed E-state index contributed by atoms with van der Waals surface area (Å²) in [6, 6.07) is 17.6. The summed E-state index contributed by atoms with van der Waals surface area (Å²) < 4.78 is 13.5. The maximum Gasteiger partial charge on any atom is 0.265 e. The minimum Gasteiger partial charge on any atom is -0.342 e. The summed E-state index contributed by atoms with van der Waals surface area (Å²) in [4.78, 5) is 27.4. The lowest BCUT2D eigenvalue weighted by Crippen LogP contribution is -2.32. The third kappa shape index (κ3) is 6.04. The summed E-state index contributed by atoms with van der Waals surface area (Å²) in [6.07, 6.45) is 2.60. The molecule has 0 saturated carbocycles. The Morgan fingerprint density at radius 2 is 1.97 bits per heavy atom. The van der Waals surface area contributed by atoms with Crippen LogP contribution in [0.3, 0.4) is 0 Å². The average molecular weight is 467 g/mol. The molecule has 0 bridgehead atoms. The lowest BCUT2D eigenvalue weighted by molar-refractivity contribution is 0.0791. The van der Waals surface area contributed by atoms with Crippen LogP contribution in [0.4, 0.5) is 10.1 Å². The Morgan fingerprint density at radius 1 is 1.12 bits per heavy atom. The Labute approximate surface area is 196 Å². The number of carbonyl (C=O) groups is 2. The highest BCUT2D eigenvalue weighted by atomic mass is 32.1. The number of hydrogen-bond donors (Lipinski definition) is 3. The van der Waals surface area contributed by atoms with Crippen molar-refractivity contribution in [1.82, 2.24) is 15.8 Å². The average Bonchev–Trinajstić information content (AvgIpc) is 3.51. The van der Waals surface area contributed by atoms with Gasteiger partial charge < -0.3 is 10.2 Å². The van der Waals surface area contributed by atoms with Crippen LogP contribution in [0.5, 0.6) is 0 Å². The number of carbonyl (C=O) groups excluding carboxylic acids is 2. The SMILES string of the molecule is CN(CCCC1CC(c2cccc(F)c2)NN1)C(=O)c1cccc(NC(=O)c2cccs2)c1. The molecule has 33 heavy (non-hydrogen) atoms. The van der Waals surface area contributed by atoms with Crippen LogP contribution < -0.4 is 16.2 Å². The predicted octanol–water partition coefficient (Wildman–Crippen LogP) is 4.60. The highest BCUT2D eigenvalue weighted by Crippen LogP contribution is 2.24. The number of rotatable bonds is 8. The van der Waals surface area contributed by atoms with Gasteiger partial charge in [-0.1, -0.05) is 24.3 Å². The van der Waals surface area contributed by atoms with E-state index in [-0.39, 0.29) is 29.7 Å². The zero-order valence-corrected chi connectivity index (χ0v) is 19.2. The van der Waals surface area contributed by atoms with Gasteiger partial charge in [-0.05, 0) is 66.6 Å². The van der Waals surface area contributed by atoms with E-state index in [9.17, 15) is 14.0 Å². The number of hydrazine groups is 1. The third-order valence-corrected chi connectivity index (χ3v) is 6.61. The highest BCUT2D eigenvalue weighted by Gasteiger charge is 2.25. The Balaban J connectivity index is 1.25. The van der Waals surface area contributed by atoms with Gasteiger partial charge in [0.15, 0.2) is 0 Å². The molecule has 3 aromatic rings. The second-order valence-electron chi connectivity index (χ2n) is 8.21. The van der Waals surface area contributed by atoms with E-state index in [0.717, 1.165) is 24.8 Å². The van der Waals surface area contributed by atoms with Gasteiger partial charge in [0.25, 0.3) is 11.8 Å². The fourth-order valence-corrected chi connectivity index (χ4v) is 4.60. The van der Waals surface area contributed by atoms with Gasteiger partial charge in [0.1, 0.15) is 5.82 Å². The van der Waals surface area contributed by atoms with Gasteiger partial charge in [0, 0.05) is 36.9 Å². The number of nitrogens with one attached hydrogen (secondary N) is 3. The van der Waals surface area contributed by atoms with Crippen LogP contribution in [0.15, 0.2) is 66.0 Å². The van der Waals surface area contributed by atoms with Crippen molar-refractivity contribution in [2.24, 2.45) is 0 Å². The largest absolute Gasteiger partial charge is 0.342 e. The van der Waals surface area contributed by atoms with Gasteiger partial charge in [-0.3, -0.25) is 20.4 Å². The summed E-state index contributed by atoms with van der Waals surface area (Å²) in [7, 11) is 1.79. The molecule has 0 spiro atoms. The van der Waals surface area contributed by atoms with Crippen molar-refractivity contribution in [1.29, 1.82) is 0 Å². The molecule has 0 aliphatic carbocycles. The summed E-state index contributed by atoms with van der Waals surface area (Å²) in [5, 5.41) is 4.69. The first-order valence-electron chi connectivity index (χ1n) is 11.0. The fourth-order valence-electron chi connectivity index (χ4n) is 3.98. The number of thiophene rings is 1. The van der Waals surface area contributed by atoms with E-state index in [0.29, 0.717) is 22.7 Å². The summed E-state index contributed by atoms with van der Waals surface area (Å²) >= 11 is 1.37. The second-order valence-corrected chi connectivity index (χ2v) is 9.16. The maximum atomic E-state index is 13.5. The quantitative estimate of drug-likeness (QED) is 0.454. The Kier molecular flexibility index (Phi) is 7.49. The van der Waals surface area contributed by atoms with E-state index in [1.165, 1.54) is 17.4 Å². The highest BCUT2D eigenvalue weighted by molar-refractivity contribution is 7.12. The molecule has 6 nitrogen and oxygen atoms in total. The minimum absolute atomic E-state index is 0.0807. The maximum absolute atomic E-state index is 13.5. The van der Waals surface area contributed by atoms with Crippen LogP contribution in [0, 0.1) is 5.82 Å². The van der Waals surface area contributed by atoms with Crippen molar-refractivity contribution in [3.8, 4) is 0 Å². The molecule has 2 atom stereocenters. The number of hydrogen-bond acceptors (Lipinski definition) is 5. The molecule has 1 fully saturated rings. The van der Waals surface area contributed by atoms with Crippen molar-refractivity contribution in [2.75, 3.05) is 18.9 Å². The van der Waals surface area contributed by atoms with Crippen LogP contribution in [0.25, 0.3) is 0 Å². The molecule has 1 aliphatic rings. The Bertz CT molecular complexity index is 1110. The zero-order valence-electron chi connectivity index (χ0n) is 18.4. The number of nitrogens with zero attached hydrogens (tertiary/aromatic N) is 1. The topological polar surface area (TPSA) is 73.5 Å². The normalized spacial score (nSPS) is 17.6. The standard InChI is InChI=1S/C25H27FN4O2S/c1-30(12-4-10-21-16-22(29-28-21)17-6-2-8-19(26)14-17)25(32)18-7-3-9-20(15-18)27-24(31)23-11-5-13-33-23/h2-3,5-9,11,13-15,21-22,28-29H,4,10,12,16H2,1H3,(H,27,31). The number of amides is 2. The van der Waals surface area contributed by atoms with Crippen molar-refractivity contribution in [3.05, 3.63) is 87.9 Å². The Hall–Kier alpha value is -3.07. The lowest BCUT2D eigenvalue weighted by atomic mass is 9.99. The molecule has 4 rings (SSSR count). The second kappa shape index (κ2) is 10.7. The molecule has 1 aromatic heterocycles. The van der Waals surface area contributed by atoms with Crippen LogP contribution in [0.2, 0.25) is 0 Å². The van der Waals surface area contributed by atoms with Crippen LogP contribution in [-0.2, 0) is 0 Å². The molecule has 3 N–H and O–H groups in total. The van der Waals surface area contributed by atoms with Crippen molar-refractivity contribution < 1.29 is 14.0 Å². The minimum atomic E-state index is -0.229. The molecular weight excluding hydrogens is 439 g/mol. The van der Waals surface area contributed by atoms with Crippen LogP contribution in [0.1, 0.15) is 50.9 Å². The van der Waals surface area contributed by atoms with E-state index in [1.807, 2.05) is 17.5 Å². The van der Waals surface area contributed by atoms with Gasteiger partial charge in [-0.15, -0.1) is 11.3 Å². The van der Waals surface area contributed by atoms with Gasteiger partial charge >= 0.3 is 0 Å². The molecule has 8 heteroatoms. The number of anilines is 1.